The first kappa shape index (κ1) is 13.2. The summed E-state index contributed by atoms with van der Waals surface area (Å²) in [5.74, 6) is 0. The van der Waals surface area contributed by atoms with Crippen molar-refractivity contribution in [2.24, 2.45) is 0 Å². The van der Waals surface area contributed by atoms with E-state index >= 15 is 0 Å². The van der Waals surface area contributed by atoms with E-state index in [1.807, 2.05) is 7.05 Å². The molecule has 92 valence electrons. The van der Waals surface area contributed by atoms with Gasteiger partial charge in [0.15, 0.2) is 0 Å². The Kier molecular flexibility index (Phi) is 4.96. The molecule has 0 spiro atoms. The van der Waals surface area contributed by atoms with E-state index in [-0.39, 0.29) is 6.10 Å². The first-order valence-corrected chi connectivity index (χ1v) is 5.80. The molecule has 1 aromatic heterocycles. The predicted octanol–water partition coefficient (Wildman–Crippen LogP) is 1.30. The lowest BCUT2D eigenvalue weighted by molar-refractivity contribution is 0.0991. The quantitative estimate of drug-likeness (QED) is 0.793. The molecule has 0 amide bonds. The molecule has 0 saturated heterocycles. The van der Waals surface area contributed by atoms with Gasteiger partial charge >= 0.3 is 0 Å². The molecule has 0 bridgehead atoms. The van der Waals surface area contributed by atoms with Crippen molar-refractivity contribution in [3.63, 3.8) is 0 Å². The van der Waals surface area contributed by atoms with Crippen LogP contribution in [0.1, 0.15) is 23.9 Å². The zero-order valence-electron chi connectivity index (χ0n) is 11.0. The van der Waals surface area contributed by atoms with Crippen molar-refractivity contribution in [2.75, 3.05) is 20.7 Å². The lowest BCUT2D eigenvalue weighted by Crippen LogP contribution is -2.17. The van der Waals surface area contributed by atoms with Crippen LogP contribution in [0.15, 0.2) is 0 Å². The zero-order chi connectivity index (χ0) is 12.1. The van der Waals surface area contributed by atoms with Gasteiger partial charge in [-0.2, -0.15) is 5.10 Å². The van der Waals surface area contributed by atoms with E-state index in [0.717, 1.165) is 25.2 Å². The molecule has 0 aliphatic carbocycles. The number of methoxy groups -OCH3 is 1. The molecule has 1 aromatic rings. The molecule has 0 aliphatic heterocycles. The minimum atomic E-state index is 0.204. The van der Waals surface area contributed by atoms with Crippen LogP contribution < -0.4 is 5.32 Å². The van der Waals surface area contributed by atoms with Gasteiger partial charge in [-0.15, -0.1) is 0 Å². The highest BCUT2D eigenvalue weighted by molar-refractivity contribution is 5.24. The number of rotatable bonds is 6. The molecule has 4 heteroatoms. The smallest absolute Gasteiger partial charge is 0.0739 e. The first-order valence-electron chi connectivity index (χ1n) is 5.80. The summed E-state index contributed by atoms with van der Waals surface area (Å²) in [5, 5.41) is 7.73. The summed E-state index contributed by atoms with van der Waals surface area (Å²) in [7, 11) is 3.71. The maximum Gasteiger partial charge on any atom is 0.0739 e. The number of hydrogen-bond acceptors (Lipinski definition) is 3. The largest absolute Gasteiger partial charge is 0.380 e. The number of aromatic nitrogens is 2. The maximum atomic E-state index is 5.27. The number of nitrogens with zero attached hydrogens (tertiary/aromatic N) is 2. The van der Waals surface area contributed by atoms with Gasteiger partial charge in [0.2, 0.25) is 0 Å². The van der Waals surface area contributed by atoms with E-state index in [4.69, 9.17) is 4.74 Å². The summed E-state index contributed by atoms with van der Waals surface area (Å²) in [4.78, 5) is 0. The molecular weight excluding hydrogens is 202 g/mol. The van der Waals surface area contributed by atoms with E-state index in [2.05, 4.69) is 35.9 Å². The molecular formula is C12H23N3O. The molecule has 16 heavy (non-hydrogen) atoms. The van der Waals surface area contributed by atoms with Gasteiger partial charge in [-0.25, -0.2) is 0 Å². The van der Waals surface area contributed by atoms with Crippen LogP contribution in [0.3, 0.4) is 0 Å². The van der Waals surface area contributed by atoms with Gasteiger partial charge in [0, 0.05) is 12.8 Å². The average molecular weight is 225 g/mol. The third-order valence-electron chi connectivity index (χ3n) is 2.99. The fraction of sp³-hybridized carbons (Fsp3) is 0.750. The van der Waals surface area contributed by atoms with Crippen molar-refractivity contribution in [3.05, 3.63) is 17.0 Å². The van der Waals surface area contributed by atoms with Gasteiger partial charge in [0.25, 0.3) is 0 Å². The minimum Gasteiger partial charge on any atom is -0.380 e. The topological polar surface area (TPSA) is 39.1 Å². The summed E-state index contributed by atoms with van der Waals surface area (Å²) in [6, 6.07) is 0. The van der Waals surface area contributed by atoms with Crippen molar-refractivity contribution < 1.29 is 4.74 Å². The minimum absolute atomic E-state index is 0.204. The Morgan fingerprint density at radius 2 is 2.12 bits per heavy atom. The van der Waals surface area contributed by atoms with E-state index in [0.29, 0.717) is 0 Å². The number of likely N-dealkylation sites (N-methyl/N-ethyl adjacent to an activating group) is 1. The van der Waals surface area contributed by atoms with Crippen LogP contribution in [0.2, 0.25) is 0 Å². The summed E-state index contributed by atoms with van der Waals surface area (Å²) < 4.78 is 7.32. The van der Waals surface area contributed by atoms with Gasteiger partial charge in [-0.05, 0) is 46.3 Å². The number of aryl methyl sites for hydroxylation is 1. The van der Waals surface area contributed by atoms with Crippen LogP contribution in [0.25, 0.3) is 0 Å². The SMILES string of the molecule is CNCCc1c(C)nn(CC(C)OC)c1C. The number of nitrogens with one attached hydrogen (secondary N) is 1. The average Bonchev–Trinajstić information content (AvgIpc) is 2.52. The molecule has 0 aliphatic rings. The van der Waals surface area contributed by atoms with Gasteiger partial charge < -0.3 is 10.1 Å². The summed E-state index contributed by atoms with van der Waals surface area (Å²) in [6.45, 7) is 8.08. The summed E-state index contributed by atoms with van der Waals surface area (Å²) >= 11 is 0. The van der Waals surface area contributed by atoms with Crippen molar-refractivity contribution >= 4 is 0 Å². The van der Waals surface area contributed by atoms with Gasteiger partial charge in [0.1, 0.15) is 0 Å². The van der Waals surface area contributed by atoms with Crippen molar-refractivity contribution in [1.29, 1.82) is 0 Å². The predicted molar refractivity (Wildman–Crippen MR) is 65.8 cm³/mol. The molecule has 0 aromatic carbocycles. The van der Waals surface area contributed by atoms with Crippen LogP contribution in [0, 0.1) is 13.8 Å². The van der Waals surface area contributed by atoms with Crippen LogP contribution in [0.5, 0.6) is 0 Å². The fourth-order valence-corrected chi connectivity index (χ4v) is 1.84. The van der Waals surface area contributed by atoms with E-state index in [1.54, 1.807) is 7.11 Å². The second kappa shape index (κ2) is 6.01. The zero-order valence-corrected chi connectivity index (χ0v) is 11.0. The second-order valence-electron chi connectivity index (χ2n) is 4.23. The maximum absolute atomic E-state index is 5.27. The number of ether oxygens (including phenoxy) is 1. The highest BCUT2D eigenvalue weighted by atomic mass is 16.5. The fourth-order valence-electron chi connectivity index (χ4n) is 1.84. The molecule has 4 nitrogen and oxygen atoms in total. The van der Waals surface area contributed by atoms with Crippen molar-refractivity contribution in [3.8, 4) is 0 Å². The van der Waals surface area contributed by atoms with E-state index in [9.17, 15) is 0 Å². The molecule has 1 N–H and O–H groups in total. The Balaban J connectivity index is 2.79. The van der Waals surface area contributed by atoms with Crippen LogP contribution >= 0.6 is 0 Å². The lowest BCUT2D eigenvalue weighted by Gasteiger charge is -2.11. The highest BCUT2D eigenvalue weighted by Crippen LogP contribution is 2.14. The molecule has 1 heterocycles. The molecule has 0 radical (unpaired) electrons. The third kappa shape index (κ3) is 3.06. The molecule has 0 saturated carbocycles. The van der Waals surface area contributed by atoms with Crippen molar-refractivity contribution in [1.82, 2.24) is 15.1 Å². The number of hydrogen-bond donors (Lipinski definition) is 1. The Morgan fingerprint density at radius 1 is 1.44 bits per heavy atom. The molecule has 1 atom stereocenters. The summed E-state index contributed by atoms with van der Waals surface area (Å²) in [6.07, 6.45) is 1.24. The van der Waals surface area contributed by atoms with E-state index in [1.165, 1.54) is 11.3 Å². The Morgan fingerprint density at radius 3 is 2.69 bits per heavy atom. The monoisotopic (exact) mass is 225 g/mol. The Bertz CT molecular complexity index is 333. The Hall–Kier alpha value is -0.870. The van der Waals surface area contributed by atoms with Gasteiger partial charge in [-0.3, -0.25) is 4.68 Å². The molecule has 1 unspecified atom stereocenters. The summed E-state index contributed by atoms with van der Waals surface area (Å²) in [5.41, 5.74) is 3.75. The highest BCUT2D eigenvalue weighted by Gasteiger charge is 2.12. The standard InChI is InChI=1S/C12H23N3O/c1-9(16-5)8-15-11(3)12(6-7-13-4)10(2)14-15/h9,13H,6-8H2,1-5H3. The van der Waals surface area contributed by atoms with Crippen LogP contribution in [-0.4, -0.2) is 36.6 Å². The molecule has 0 fully saturated rings. The normalized spacial score (nSPS) is 13.1. The Labute approximate surface area is 98.0 Å². The second-order valence-corrected chi connectivity index (χ2v) is 4.23. The van der Waals surface area contributed by atoms with Crippen LogP contribution in [0.4, 0.5) is 0 Å². The van der Waals surface area contributed by atoms with Crippen molar-refractivity contribution in [2.45, 2.75) is 39.8 Å². The van der Waals surface area contributed by atoms with Gasteiger partial charge in [0.05, 0.1) is 18.3 Å². The lowest BCUT2D eigenvalue weighted by atomic mass is 10.1. The first-order chi connectivity index (χ1) is 7.60. The third-order valence-corrected chi connectivity index (χ3v) is 2.99. The van der Waals surface area contributed by atoms with E-state index < -0.39 is 0 Å². The van der Waals surface area contributed by atoms with Crippen LogP contribution in [-0.2, 0) is 17.7 Å². The molecule has 1 rings (SSSR count). The van der Waals surface area contributed by atoms with Gasteiger partial charge in [-0.1, -0.05) is 0 Å².